The van der Waals surface area contributed by atoms with Gasteiger partial charge in [-0.1, -0.05) is 19.3 Å². The van der Waals surface area contributed by atoms with Gasteiger partial charge in [0.25, 0.3) is 5.91 Å². The fourth-order valence-electron chi connectivity index (χ4n) is 4.15. The number of carbonyl (C=O) groups is 1. The number of hydrogen-bond acceptors (Lipinski definition) is 6. The normalized spacial score (nSPS) is 20.9. The Morgan fingerprint density at radius 2 is 2.04 bits per heavy atom. The van der Waals surface area contributed by atoms with Gasteiger partial charge in [0.2, 0.25) is 0 Å². The van der Waals surface area contributed by atoms with Crippen LogP contribution < -0.4 is 10.6 Å². The molecule has 3 heterocycles. The first-order chi connectivity index (χ1) is 13.2. The van der Waals surface area contributed by atoms with Crippen LogP contribution in [-0.4, -0.2) is 41.7 Å². The molecule has 2 aliphatic rings. The highest BCUT2D eigenvalue weighted by molar-refractivity contribution is 7.20. The number of thiophene rings is 1. The lowest BCUT2D eigenvalue weighted by Gasteiger charge is -2.21. The van der Waals surface area contributed by atoms with Gasteiger partial charge in [-0.2, -0.15) is 0 Å². The molecule has 1 saturated heterocycles. The summed E-state index contributed by atoms with van der Waals surface area (Å²) in [5.74, 6) is 1.45. The molecule has 1 amide bonds. The number of nitrogens with zero attached hydrogens (tertiary/aromatic N) is 2. The number of ether oxygens (including phenoxy) is 1. The summed E-state index contributed by atoms with van der Waals surface area (Å²) in [5, 5.41) is 7.52. The Morgan fingerprint density at radius 1 is 1.19 bits per heavy atom. The molecule has 0 radical (unpaired) electrons. The molecule has 1 saturated carbocycles. The maximum Gasteiger partial charge on any atom is 0.261 e. The van der Waals surface area contributed by atoms with Crippen LogP contribution in [0.15, 0.2) is 6.33 Å². The van der Waals surface area contributed by atoms with Crippen molar-refractivity contribution < 1.29 is 9.53 Å². The largest absolute Gasteiger partial charge is 0.376 e. The topological polar surface area (TPSA) is 76.1 Å². The number of nitrogens with one attached hydrogen (secondary N) is 2. The van der Waals surface area contributed by atoms with E-state index in [0.717, 1.165) is 59.0 Å². The smallest absolute Gasteiger partial charge is 0.261 e. The minimum Gasteiger partial charge on any atom is -0.376 e. The molecule has 1 aliphatic carbocycles. The second-order valence-electron chi connectivity index (χ2n) is 7.69. The Balaban J connectivity index is 1.47. The molecule has 2 fully saturated rings. The van der Waals surface area contributed by atoms with Crippen LogP contribution in [0.5, 0.6) is 0 Å². The molecule has 1 atom stereocenters. The molecular weight excluding hydrogens is 360 g/mol. The predicted octanol–water partition coefficient (Wildman–Crippen LogP) is 3.90. The summed E-state index contributed by atoms with van der Waals surface area (Å²) in [6, 6.07) is 0. The number of rotatable bonds is 6. The number of aromatic nitrogens is 2. The number of carbonyl (C=O) groups excluding carboxylic acids is 1. The van der Waals surface area contributed by atoms with E-state index in [9.17, 15) is 4.79 Å². The number of amides is 1. The lowest BCUT2D eigenvalue weighted by molar-refractivity contribution is 0.0947. The second-order valence-corrected chi connectivity index (χ2v) is 8.69. The molecule has 6 nitrogen and oxygen atoms in total. The molecule has 0 bridgehead atoms. The Hall–Kier alpha value is -1.73. The predicted molar refractivity (Wildman–Crippen MR) is 109 cm³/mol. The van der Waals surface area contributed by atoms with E-state index in [2.05, 4.69) is 20.6 Å². The monoisotopic (exact) mass is 388 g/mol. The summed E-state index contributed by atoms with van der Waals surface area (Å²) < 4.78 is 5.68. The fraction of sp³-hybridized carbons (Fsp3) is 0.650. The van der Waals surface area contributed by atoms with Crippen molar-refractivity contribution in [3.63, 3.8) is 0 Å². The molecule has 2 N–H and O–H groups in total. The van der Waals surface area contributed by atoms with Crippen molar-refractivity contribution in [3.05, 3.63) is 16.8 Å². The van der Waals surface area contributed by atoms with Crippen molar-refractivity contribution in [1.82, 2.24) is 15.3 Å². The van der Waals surface area contributed by atoms with Crippen LogP contribution in [0.4, 0.5) is 5.82 Å². The highest BCUT2D eigenvalue weighted by Gasteiger charge is 2.22. The zero-order valence-corrected chi connectivity index (χ0v) is 16.7. The molecule has 0 aromatic carbocycles. The van der Waals surface area contributed by atoms with Crippen LogP contribution in [-0.2, 0) is 4.74 Å². The van der Waals surface area contributed by atoms with E-state index < -0.39 is 0 Å². The summed E-state index contributed by atoms with van der Waals surface area (Å²) in [5.41, 5.74) is 0.964. The minimum absolute atomic E-state index is 0.0196. The van der Waals surface area contributed by atoms with Gasteiger partial charge >= 0.3 is 0 Å². The molecule has 0 spiro atoms. The average molecular weight is 389 g/mol. The van der Waals surface area contributed by atoms with E-state index >= 15 is 0 Å². The van der Waals surface area contributed by atoms with Crippen LogP contribution in [0.1, 0.15) is 60.2 Å². The fourth-order valence-corrected chi connectivity index (χ4v) is 5.21. The zero-order valence-electron chi connectivity index (χ0n) is 15.9. The van der Waals surface area contributed by atoms with Crippen molar-refractivity contribution in [2.24, 2.45) is 5.92 Å². The van der Waals surface area contributed by atoms with Gasteiger partial charge in [0.15, 0.2) is 0 Å². The van der Waals surface area contributed by atoms with Gasteiger partial charge in [0, 0.05) is 19.7 Å². The highest BCUT2D eigenvalue weighted by atomic mass is 32.1. The van der Waals surface area contributed by atoms with Gasteiger partial charge in [0.05, 0.1) is 16.4 Å². The molecule has 27 heavy (non-hydrogen) atoms. The maximum absolute atomic E-state index is 12.8. The van der Waals surface area contributed by atoms with Crippen molar-refractivity contribution in [2.75, 3.05) is 25.0 Å². The van der Waals surface area contributed by atoms with Gasteiger partial charge in [-0.25, -0.2) is 9.97 Å². The Morgan fingerprint density at radius 3 is 2.81 bits per heavy atom. The minimum atomic E-state index is 0.0196. The van der Waals surface area contributed by atoms with E-state index in [4.69, 9.17) is 4.74 Å². The number of aryl methyl sites for hydroxylation is 1. The molecule has 1 aliphatic heterocycles. The van der Waals surface area contributed by atoms with Crippen molar-refractivity contribution in [3.8, 4) is 0 Å². The van der Waals surface area contributed by atoms with Gasteiger partial charge in [0.1, 0.15) is 17.0 Å². The second kappa shape index (κ2) is 8.52. The van der Waals surface area contributed by atoms with Crippen molar-refractivity contribution in [2.45, 2.75) is 58.0 Å². The van der Waals surface area contributed by atoms with Gasteiger partial charge < -0.3 is 15.4 Å². The van der Waals surface area contributed by atoms with Crippen molar-refractivity contribution >= 4 is 33.3 Å². The molecule has 1 unspecified atom stereocenters. The van der Waals surface area contributed by atoms with E-state index in [1.807, 2.05) is 6.92 Å². The van der Waals surface area contributed by atoms with E-state index in [-0.39, 0.29) is 12.0 Å². The Kier molecular flexibility index (Phi) is 5.88. The molecule has 2 aromatic rings. The lowest BCUT2D eigenvalue weighted by atomic mass is 9.89. The third kappa shape index (κ3) is 4.24. The first kappa shape index (κ1) is 18.6. The van der Waals surface area contributed by atoms with Crippen LogP contribution in [0, 0.1) is 12.8 Å². The first-order valence-electron chi connectivity index (χ1n) is 10.1. The molecule has 2 aromatic heterocycles. The lowest BCUT2D eigenvalue weighted by Crippen LogP contribution is -2.30. The van der Waals surface area contributed by atoms with Crippen molar-refractivity contribution in [1.29, 1.82) is 0 Å². The summed E-state index contributed by atoms with van der Waals surface area (Å²) in [4.78, 5) is 23.2. The maximum atomic E-state index is 12.8. The summed E-state index contributed by atoms with van der Waals surface area (Å²) >= 11 is 1.46. The van der Waals surface area contributed by atoms with Gasteiger partial charge in [-0.15, -0.1) is 11.3 Å². The highest BCUT2D eigenvalue weighted by Crippen LogP contribution is 2.33. The molecular formula is C20H28N4O2S. The Bertz CT molecular complexity index is 795. The van der Waals surface area contributed by atoms with E-state index in [0.29, 0.717) is 5.92 Å². The summed E-state index contributed by atoms with van der Waals surface area (Å²) in [6.45, 7) is 4.36. The van der Waals surface area contributed by atoms with Gasteiger partial charge in [-0.3, -0.25) is 4.79 Å². The zero-order chi connectivity index (χ0) is 18.6. The SMILES string of the molecule is Cc1c(C(=O)NCC2CCCCC2)sc2ncnc(NCC3CCCO3)c12. The van der Waals surface area contributed by atoms with Gasteiger partial charge in [-0.05, 0) is 44.1 Å². The van der Waals surface area contributed by atoms with E-state index in [1.54, 1.807) is 6.33 Å². The van der Waals surface area contributed by atoms with E-state index in [1.165, 1.54) is 43.4 Å². The molecule has 4 rings (SSSR count). The summed E-state index contributed by atoms with van der Waals surface area (Å²) in [6.07, 6.45) is 10.4. The average Bonchev–Trinajstić information content (AvgIpc) is 3.34. The first-order valence-corrected chi connectivity index (χ1v) is 10.9. The number of anilines is 1. The number of hydrogen-bond donors (Lipinski definition) is 2. The summed E-state index contributed by atoms with van der Waals surface area (Å²) in [7, 11) is 0. The number of fused-ring (bicyclic) bond motifs is 1. The molecule has 146 valence electrons. The van der Waals surface area contributed by atoms with Crippen LogP contribution in [0.2, 0.25) is 0 Å². The standard InChI is InChI=1S/C20H28N4O2S/c1-13-16-18(21-11-15-8-5-9-26-15)23-12-24-20(16)27-17(13)19(25)22-10-14-6-3-2-4-7-14/h12,14-15H,2-11H2,1H3,(H,22,25)(H,21,23,24). The third-order valence-electron chi connectivity index (χ3n) is 5.73. The Labute approximate surface area is 164 Å². The van der Waals surface area contributed by atoms with Crippen LogP contribution in [0.3, 0.4) is 0 Å². The quantitative estimate of drug-likeness (QED) is 0.785. The molecule has 7 heteroatoms. The third-order valence-corrected chi connectivity index (χ3v) is 6.93. The van der Waals surface area contributed by atoms with Crippen LogP contribution >= 0.6 is 11.3 Å². The van der Waals surface area contributed by atoms with Crippen LogP contribution in [0.25, 0.3) is 10.2 Å².